The molecule has 3 aromatic carbocycles. The van der Waals surface area contributed by atoms with E-state index in [4.69, 9.17) is 30.8 Å². The third kappa shape index (κ3) is 4.83. The summed E-state index contributed by atoms with van der Waals surface area (Å²) in [7, 11) is 0. The van der Waals surface area contributed by atoms with Crippen LogP contribution < -0.4 is 14.2 Å². The normalized spacial score (nSPS) is 12.0. The summed E-state index contributed by atoms with van der Waals surface area (Å²) in [5.74, 6) is 3.10. The van der Waals surface area contributed by atoms with Crippen molar-refractivity contribution in [2.45, 2.75) is 33.4 Å². The first-order valence-electron chi connectivity index (χ1n) is 10.8. The van der Waals surface area contributed by atoms with Crippen molar-refractivity contribution >= 4 is 22.6 Å². The molecule has 0 aliphatic heterocycles. The molecule has 4 rings (SSSR count). The van der Waals surface area contributed by atoms with Crippen LogP contribution in [0.3, 0.4) is 0 Å². The maximum absolute atomic E-state index is 6.22. The van der Waals surface area contributed by atoms with Gasteiger partial charge in [-0.05, 0) is 68.8 Å². The van der Waals surface area contributed by atoms with Crippen molar-refractivity contribution in [3.63, 3.8) is 0 Å². The van der Waals surface area contributed by atoms with Gasteiger partial charge in [0.05, 0.1) is 24.2 Å². The van der Waals surface area contributed by atoms with E-state index in [1.807, 2.05) is 81.4 Å². The van der Waals surface area contributed by atoms with E-state index in [9.17, 15) is 0 Å². The third-order valence-corrected chi connectivity index (χ3v) is 5.64. The standard InChI is InChI=1S/C26H27ClN2O3/c1-4-30-24-11-7-8-12-25(24)31-16-15-29-23-10-6-5-9-22(23)28-26(29)19(3)32-20-13-14-21(27)18(2)17-20/h5-14,17,19H,4,15-16H2,1-3H3. The minimum atomic E-state index is -0.251. The van der Waals surface area contributed by atoms with E-state index in [1.54, 1.807) is 0 Å². The zero-order valence-electron chi connectivity index (χ0n) is 18.5. The lowest BCUT2D eigenvalue weighted by molar-refractivity contribution is 0.206. The molecule has 0 saturated carbocycles. The summed E-state index contributed by atoms with van der Waals surface area (Å²) < 4.78 is 20.1. The smallest absolute Gasteiger partial charge is 0.161 e. The van der Waals surface area contributed by atoms with Crippen LogP contribution >= 0.6 is 11.6 Å². The van der Waals surface area contributed by atoms with Crippen molar-refractivity contribution in [3.05, 3.63) is 83.1 Å². The van der Waals surface area contributed by atoms with Crippen LogP contribution in [0.4, 0.5) is 0 Å². The number of aryl methyl sites for hydroxylation is 1. The topological polar surface area (TPSA) is 45.5 Å². The number of nitrogens with zero attached hydrogens (tertiary/aromatic N) is 2. The lowest BCUT2D eigenvalue weighted by Gasteiger charge is -2.18. The second-order valence-electron chi connectivity index (χ2n) is 7.51. The highest BCUT2D eigenvalue weighted by atomic mass is 35.5. The molecule has 166 valence electrons. The number of hydrogen-bond donors (Lipinski definition) is 0. The van der Waals surface area contributed by atoms with Gasteiger partial charge in [0.2, 0.25) is 0 Å². The average molecular weight is 451 g/mol. The predicted octanol–water partition coefficient (Wildman–Crippen LogP) is 6.62. The molecule has 0 aliphatic carbocycles. The van der Waals surface area contributed by atoms with Crippen LogP contribution in [0.25, 0.3) is 11.0 Å². The number of benzene rings is 3. The fraction of sp³-hybridized carbons (Fsp3) is 0.269. The molecule has 1 unspecified atom stereocenters. The Morgan fingerprint density at radius 2 is 1.69 bits per heavy atom. The van der Waals surface area contributed by atoms with E-state index in [0.29, 0.717) is 19.8 Å². The molecule has 4 aromatic rings. The van der Waals surface area contributed by atoms with Crippen LogP contribution in [-0.2, 0) is 6.54 Å². The highest BCUT2D eigenvalue weighted by Gasteiger charge is 2.18. The number of ether oxygens (including phenoxy) is 3. The fourth-order valence-corrected chi connectivity index (χ4v) is 3.80. The molecule has 32 heavy (non-hydrogen) atoms. The van der Waals surface area contributed by atoms with E-state index in [0.717, 1.165) is 44.7 Å². The predicted molar refractivity (Wildman–Crippen MR) is 128 cm³/mol. The molecular weight excluding hydrogens is 424 g/mol. The summed E-state index contributed by atoms with van der Waals surface area (Å²) in [6.07, 6.45) is -0.251. The van der Waals surface area contributed by atoms with Gasteiger partial charge < -0.3 is 18.8 Å². The second-order valence-corrected chi connectivity index (χ2v) is 7.92. The summed E-state index contributed by atoms with van der Waals surface area (Å²) in [4.78, 5) is 4.85. The molecule has 1 aromatic heterocycles. The minimum absolute atomic E-state index is 0.251. The maximum atomic E-state index is 6.22. The Morgan fingerprint density at radius 1 is 0.969 bits per heavy atom. The van der Waals surface area contributed by atoms with E-state index in [2.05, 4.69) is 10.6 Å². The Labute approximate surface area is 193 Å². The molecule has 0 spiro atoms. The van der Waals surface area contributed by atoms with Gasteiger partial charge in [0.15, 0.2) is 23.4 Å². The molecule has 0 N–H and O–H groups in total. The SMILES string of the molecule is CCOc1ccccc1OCCn1c(C(C)Oc2ccc(Cl)c(C)c2)nc2ccccc21. The van der Waals surface area contributed by atoms with Crippen molar-refractivity contribution < 1.29 is 14.2 Å². The fourth-order valence-electron chi connectivity index (χ4n) is 3.68. The van der Waals surface area contributed by atoms with E-state index in [1.165, 1.54) is 0 Å². The summed E-state index contributed by atoms with van der Waals surface area (Å²) in [5, 5.41) is 0.724. The van der Waals surface area contributed by atoms with Gasteiger partial charge in [-0.15, -0.1) is 0 Å². The first-order chi connectivity index (χ1) is 15.6. The third-order valence-electron chi connectivity index (χ3n) is 5.21. The molecule has 0 saturated heterocycles. The lowest BCUT2D eigenvalue weighted by atomic mass is 10.2. The summed E-state index contributed by atoms with van der Waals surface area (Å²) in [5.41, 5.74) is 2.96. The first-order valence-corrected chi connectivity index (χ1v) is 11.2. The number of para-hydroxylation sites is 4. The average Bonchev–Trinajstić information content (AvgIpc) is 3.16. The van der Waals surface area contributed by atoms with Crippen LogP contribution in [0.2, 0.25) is 5.02 Å². The summed E-state index contributed by atoms with van der Waals surface area (Å²) in [6.45, 7) is 7.63. The Kier molecular flexibility index (Phi) is 6.86. The second kappa shape index (κ2) is 9.96. The molecule has 0 fully saturated rings. The number of fused-ring (bicyclic) bond motifs is 1. The van der Waals surface area contributed by atoms with Crippen LogP contribution in [0, 0.1) is 6.92 Å². The molecule has 6 heteroatoms. The van der Waals surface area contributed by atoms with Crippen LogP contribution in [-0.4, -0.2) is 22.8 Å². The Balaban J connectivity index is 1.55. The summed E-state index contributed by atoms with van der Waals surface area (Å²) >= 11 is 6.16. The lowest BCUT2D eigenvalue weighted by Crippen LogP contribution is -2.16. The van der Waals surface area contributed by atoms with Crippen LogP contribution in [0.15, 0.2) is 66.7 Å². The summed E-state index contributed by atoms with van der Waals surface area (Å²) in [6, 6.07) is 21.5. The van der Waals surface area contributed by atoms with Crippen LogP contribution in [0.1, 0.15) is 31.3 Å². The van der Waals surface area contributed by atoms with Gasteiger partial charge in [-0.3, -0.25) is 0 Å². The number of hydrogen-bond acceptors (Lipinski definition) is 4. The largest absolute Gasteiger partial charge is 0.490 e. The van der Waals surface area contributed by atoms with Gasteiger partial charge in [0, 0.05) is 5.02 Å². The van der Waals surface area contributed by atoms with Gasteiger partial charge in [0.1, 0.15) is 12.4 Å². The van der Waals surface area contributed by atoms with Crippen LogP contribution in [0.5, 0.6) is 17.2 Å². The molecule has 1 atom stereocenters. The minimum Gasteiger partial charge on any atom is -0.490 e. The monoisotopic (exact) mass is 450 g/mol. The Bertz CT molecular complexity index is 1200. The van der Waals surface area contributed by atoms with Crippen molar-refractivity contribution in [2.75, 3.05) is 13.2 Å². The Hall–Kier alpha value is -3.18. The van der Waals surface area contributed by atoms with Gasteiger partial charge in [-0.1, -0.05) is 35.9 Å². The van der Waals surface area contributed by atoms with Gasteiger partial charge in [0.25, 0.3) is 0 Å². The molecule has 0 bridgehead atoms. The Morgan fingerprint density at radius 3 is 2.44 bits per heavy atom. The number of aromatic nitrogens is 2. The molecule has 1 heterocycles. The zero-order chi connectivity index (χ0) is 22.5. The molecule has 0 amide bonds. The molecular formula is C26H27ClN2O3. The van der Waals surface area contributed by atoms with E-state index < -0.39 is 0 Å². The highest BCUT2D eigenvalue weighted by molar-refractivity contribution is 6.31. The van der Waals surface area contributed by atoms with E-state index >= 15 is 0 Å². The number of halogens is 1. The van der Waals surface area contributed by atoms with Crippen molar-refractivity contribution in [1.82, 2.24) is 9.55 Å². The van der Waals surface area contributed by atoms with Gasteiger partial charge in [-0.25, -0.2) is 4.98 Å². The molecule has 0 aliphatic rings. The quantitative estimate of drug-likeness (QED) is 0.287. The maximum Gasteiger partial charge on any atom is 0.161 e. The van der Waals surface area contributed by atoms with Gasteiger partial charge >= 0.3 is 0 Å². The zero-order valence-corrected chi connectivity index (χ0v) is 19.3. The first kappa shape index (κ1) is 22.0. The number of imidazole rings is 1. The highest BCUT2D eigenvalue weighted by Crippen LogP contribution is 2.29. The molecule has 5 nitrogen and oxygen atoms in total. The van der Waals surface area contributed by atoms with Crippen molar-refractivity contribution in [1.29, 1.82) is 0 Å². The van der Waals surface area contributed by atoms with Gasteiger partial charge in [-0.2, -0.15) is 0 Å². The van der Waals surface area contributed by atoms with Crippen molar-refractivity contribution in [3.8, 4) is 17.2 Å². The van der Waals surface area contributed by atoms with Crippen molar-refractivity contribution in [2.24, 2.45) is 0 Å². The molecule has 0 radical (unpaired) electrons. The van der Waals surface area contributed by atoms with E-state index in [-0.39, 0.29) is 6.10 Å². The number of rotatable bonds is 9.